The van der Waals surface area contributed by atoms with Crippen LogP contribution in [0, 0.1) is 7.11 Å². The van der Waals surface area contributed by atoms with E-state index in [0.717, 1.165) is 6.42 Å². The summed E-state index contributed by atoms with van der Waals surface area (Å²) in [5.74, 6) is 0. The molecule has 0 saturated carbocycles. The Hall–Kier alpha value is -0.300. The Labute approximate surface area is 51.4 Å². The number of hydrogen-bond acceptors (Lipinski definition) is 1. The van der Waals surface area contributed by atoms with Gasteiger partial charge in [-0.25, -0.2) is 0 Å². The zero-order valence-corrected chi connectivity index (χ0v) is 5.40. The first-order chi connectivity index (χ1) is 3.81. The topological polar surface area (TPSA) is 9.23 Å². The predicted molar refractivity (Wildman–Crippen MR) is 33.2 cm³/mol. The van der Waals surface area contributed by atoms with Crippen molar-refractivity contribution in [3.8, 4) is 0 Å². The van der Waals surface area contributed by atoms with Crippen molar-refractivity contribution in [1.82, 2.24) is 0 Å². The molecule has 0 fully saturated rings. The molecular formula is C7H11O. The van der Waals surface area contributed by atoms with Crippen molar-refractivity contribution < 1.29 is 4.74 Å². The first kappa shape index (κ1) is 7.70. The Morgan fingerprint density at radius 3 is 2.75 bits per heavy atom. The molecule has 0 aliphatic rings. The molecule has 1 nitrogen and oxygen atoms in total. The molecule has 0 amide bonds. The number of ether oxygens (including phenoxy) is 1. The van der Waals surface area contributed by atoms with E-state index in [9.17, 15) is 0 Å². The molecular weight excluding hydrogens is 100 g/mol. The molecule has 3 radical (unpaired) electrons. The second kappa shape index (κ2) is 4.85. The highest BCUT2D eigenvalue weighted by molar-refractivity contribution is 4.96. The first-order valence-corrected chi connectivity index (χ1v) is 2.75. The molecule has 0 heterocycles. The Balaban J connectivity index is 3.26. The minimum absolute atomic E-state index is 0.416. The maximum Gasteiger partial charge on any atom is 0.174 e. The largest absolute Gasteiger partial charge is 0.361 e. The molecule has 45 valence electrons. The van der Waals surface area contributed by atoms with E-state index in [1.165, 1.54) is 5.57 Å². The van der Waals surface area contributed by atoms with E-state index in [1.54, 1.807) is 0 Å². The van der Waals surface area contributed by atoms with Gasteiger partial charge < -0.3 is 4.74 Å². The van der Waals surface area contributed by atoms with Crippen molar-refractivity contribution in [3.63, 3.8) is 0 Å². The summed E-state index contributed by atoms with van der Waals surface area (Å²) in [7, 11) is 6.33. The third kappa shape index (κ3) is 3.88. The fourth-order valence-corrected chi connectivity index (χ4v) is 0.328. The summed E-state index contributed by atoms with van der Waals surface area (Å²) in [6.45, 7) is 4.52. The molecule has 0 aromatic rings. The van der Waals surface area contributed by atoms with Gasteiger partial charge >= 0.3 is 0 Å². The summed E-state index contributed by atoms with van der Waals surface area (Å²) >= 11 is 0. The van der Waals surface area contributed by atoms with Gasteiger partial charge in [0.25, 0.3) is 0 Å². The Kier molecular flexibility index (Phi) is 4.67. The maximum atomic E-state index is 6.33. The van der Waals surface area contributed by atoms with Gasteiger partial charge in [-0.2, -0.15) is 0 Å². The molecule has 0 aromatic heterocycles. The van der Waals surface area contributed by atoms with E-state index in [2.05, 4.69) is 11.7 Å². The second-order valence-corrected chi connectivity index (χ2v) is 1.72. The van der Waals surface area contributed by atoms with E-state index in [1.807, 2.05) is 13.0 Å². The van der Waals surface area contributed by atoms with E-state index in [-0.39, 0.29) is 0 Å². The molecule has 0 aliphatic carbocycles. The van der Waals surface area contributed by atoms with Crippen LogP contribution in [0.15, 0.2) is 11.6 Å². The number of allylic oxidation sites excluding steroid dienone is 1. The number of hydrogen-bond donors (Lipinski definition) is 0. The molecule has 0 spiro atoms. The minimum atomic E-state index is 0.416. The smallest absolute Gasteiger partial charge is 0.174 e. The lowest BCUT2D eigenvalue weighted by molar-refractivity contribution is 0.281. The van der Waals surface area contributed by atoms with E-state index >= 15 is 0 Å². The van der Waals surface area contributed by atoms with Crippen LogP contribution in [0.3, 0.4) is 0 Å². The van der Waals surface area contributed by atoms with Crippen LogP contribution in [-0.2, 0) is 4.74 Å². The van der Waals surface area contributed by atoms with Gasteiger partial charge in [-0.3, -0.25) is 0 Å². The van der Waals surface area contributed by atoms with Crippen molar-refractivity contribution in [2.75, 3.05) is 6.61 Å². The Morgan fingerprint density at radius 2 is 2.38 bits per heavy atom. The van der Waals surface area contributed by atoms with Crippen LogP contribution in [0.4, 0.5) is 0 Å². The van der Waals surface area contributed by atoms with E-state index in [4.69, 9.17) is 7.11 Å². The van der Waals surface area contributed by atoms with E-state index in [0.29, 0.717) is 6.61 Å². The lowest BCUT2D eigenvalue weighted by atomic mass is 10.2. The van der Waals surface area contributed by atoms with Gasteiger partial charge in [0.2, 0.25) is 0 Å². The van der Waals surface area contributed by atoms with Gasteiger partial charge in [0.1, 0.15) is 0 Å². The normalized spacial score (nSPS) is 12.1. The van der Waals surface area contributed by atoms with Crippen molar-refractivity contribution in [1.29, 1.82) is 0 Å². The first-order valence-electron chi connectivity index (χ1n) is 2.75. The Morgan fingerprint density at radius 1 is 1.75 bits per heavy atom. The van der Waals surface area contributed by atoms with Gasteiger partial charge in [-0.05, 0) is 13.3 Å². The van der Waals surface area contributed by atoms with Crippen LogP contribution in [0.1, 0.15) is 20.3 Å². The van der Waals surface area contributed by atoms with Crippen molar-refractivity contribution >= 4 is 0 Å². The summed E-state index contributed by atoms with van der Waals surface area (Å²) in [6.07, 6.45) is 2.95. The van der Waals surface area contributed by atoms with Gasteiger partial charge in [0, 0.05) is 0 Å². The highest BCUT2D eigenvalue weighted by Gasteiger charge is 1.80. The summed E-state index contributed by atoms with van der Waals surface area (Å²) in [5.41, 5.74) is 1.28. The van der Waals surface area contributed by atoms with Gasteiger partial charge in [-0.15, -0.1) is 0 Å². The molecule has 0 aromatic carbocycles. The monoisotopic (exact) mass is 111 g/mol. The molecule has 1 heteroatoms. The molecule has 8 heavy (non-hydrogen) atoms. The van der Waals surface area contributed by atoms with Crippen molar-refractivity contribution in [3.05, 3.63) is 18.8 Å². The zero-order chi connectivity index (χ0) is 6.41. The third-order valence-corrected chi connectivity index (χ3v) is 1.07. The van der Waals surface area contributed by atoms with Crippen LogP contribution in [0.2, 0.25) is 0 Å². The summed E-state index contributed by atoms with van der Waals surface area (Å²) < 4.78 is 4.09. The molecule has 0 atom stereocenters. The van der Waals surface area contributed by atoms with Crippen LogP contribution < -0.4 is 0 Å². The predicted octanol–water partition coefficient (Wildman–Crippen LogP) is 1.90. The molecule has 0 bridgehead atoms. The average molecular weight is 111 g/mol. The average Bonchev–Trinajstić information content (AvgIpc) is 1.83. The molecule has 0 N–H and O–H groups in total. The molecule has 0 rings (SSSR count). The SMILES string of the molecule is [C]OCC=C(C)CC. The molecule has 0 unspecified atom stereocenters. The summed E-state index contributed by atoms with van der Waals surface area (Å²) in [6, 6.07) is 0. The summed E-state index contributed by atoms with van der Waals surface area (Å²) in [5, 5.41) is 0. The lowest BCUT2D eigenvalue weighted by Crippen LogP contribution is -1.80. The van der Waals surface area contributed by atoms with Gasteiger partial charge in [0.05, 0.1) is 6.61 Å². The minimum Gasteiger partial charge on any atom is -0.361 e. The van der Waals surface area contributed by atoms with Crippen molar-refractivity contribution in [2.24, 2.45) is 0 Å². The van der Waals surface area contributed by atoms with Gasteiger partial charge in [-0.1, -0.05) is 18.6 Å². The van der Waals surface area contributed by atoms with Crippen LogP contribution in [-0.4, -0.2) is 6.61 Å². The van der Waals surface area contributed by atoms with Crippen molar-refractivity contribution in [2.45, 2.75) is 20.3 Å². The van der Waals surface area contributed by atoms with Crippen LogP contribution in [0.25, 0.3) is 0 Å². The number of rotatable bonds is 3. The fraction of sp³-hybridized carbons (Fsp3) is 0.571. The molecule has 0 saturated heterocycles. The highest BCUT2D eigenvalue weighted by Crippen LogP contribution is 1.96. The zero-order valence-electron chi connectivity index (χ0n) is 5.40. The van der Waals surface area contributed by atoms with Gasteiger partial charge in [0.15, 0.2) is 7.11 Å². The van der Waals surface area contributed by atoms with Crippen LogP contribution >= 0.6 is 0 Å². The standard InChI is InChI=1S/C7H11O/c1-4-7(2)5-6-8-3/h5H,4,6H2,1-2H3. The van der Waals surface area contributed by atoms with E-state index < -0.39 is 0 Å². The molecule has 0 aliphatic heterocycles. The third-order valence-electron chi connectivity index (χ3n) is 1.07. The summed E-state index contributed by atoms with van der Waals surface area (Å²) in [4.78, 5) is 0. The Bertz CT molecular complexity index is 74.5. The lowest BCUT2D eigenvalue weighted by Gasteiger charge is -1.91. The highest BCUT2D eigenvalue weighted by atomic mass is 16.5. The fourth-order valence-electron chi connectivity index (χ4n) is 0.328. The van der Waals surface area contributed by atoms with Crippen LogP contribution in [0.5, 0.6) is 0 Å². The maximum absolute atomic E-state index is 6.33. The quantitative estimate of drug-likeness (QED) is 0.505. The second-order valence-electron chi connectivity index (χ2n) is 1.72.